The second kappa shape index (κ2) is 8.60. The Bertz CT molecular complexity index is 951. The molecule has 0 aliphatic rings. The van der Waals surface area contributed by atoms with E-state index in [4.69, 9.17) is 35.4 Å². The predicted octanol–water partition coefficient (Wildman–Crippen LogP) is 4.56. The zero-order valence-corrected chi connectivity index (χ0v) is 18.6. The Balaban J connectivity index is 1.67. The van der Waals surface area contributed by atoms with E-state index in [-0.39, 0.29) is 0 Å². The lowest BCUT2D eigenvalue weighted by atomic mass is 10.2. The third-order valence-corrected chi connectivity index (χ3v) is 5.66. The first-order valence-corrected chi connectivity index (χ1v) is 9.95. The number of nitrogens with one attached hydrogen (secondary N) is 1. The summed E-state index contributed by atoms with van der Waals surface area (Å²) in [6.45, 7) is 1.09. The van der Waals surface area contributed by atoms with E-state index in [1.54, 1.807) is 15.6 Å². The van der Waals surface area contributed by atoms with E-state index in [2.05, 4.69) is 31.4 Å². The van der Waals surface area contributed by atoms with E-state index >= 15 is 0 Å². The summed E-state index contributed by atoms with van der Waals surface area (Å²) in [5.41, 5.74) is 1.87. The van der Waals surface area contributed by atoms with Crippen molar-refractivity contribution < 1.29 is 0 Å². The number of benzene rings is 1. The Morgan fingerprint density at radius 2 is 2.04 bits per heavy atom. The molecule has 0 fully saturated rings. The Morgan fingerprint density at radius 3 is 2.70 bits per heavy atom. The molecule has 0 bridgehead atoms. The van der Waals surface area contributed by atoms with Crippen LogP contribution in [0.2, 0.25) is 10.0 Å². The lowest BCUT2D eigenvalue weighted by Crippen LogP contribution is -2.31. The molecule has 2 aromatic heterocycles. The molecule has 6 nitrogen and oxygen atoms in total. The molecule has 0 amide bonds. The molecule has 27 heavy (non-hydrogen) atoms. The molecular weight excluding hydrogens is 471 g/mol. The van der Waals surface area contributed by atoms with Gasteiger partial charge in [0, 0.05) is 25.3 Å². The zero-order chi connectivity index (χ0) is 19.6. The summed E-state index contributed by atoms with van der Waals surface area (Å²) in [5.74, 6) is 0.634. The third-order valence-electron chi connectivity index (χ3n) is 3.98. The molecule has 0 saturated heterocycles. The molecule has 0 atom stereocenters. The molecule has 0 radical (unpaired) electrons. The summed E-state index contributed by atoms with van der Waals surface area (Å²) in [6.07, 6.45) is 3.50. The molecule has 0 aliphatic carbocycles. The molecule has 10 heteroatoms. The standard InChI is InChI=1S/C17H17BrCl2N6S/c1-24(10-15-14(20)7-21-25(15)2)17(27)22-16-12(18)9-26(23-16)8-11-5-3-4-6-13(11)19/h3-7,9H,8,10H2,1-2H3,(H,22,23,27). The second-order valence-corrected chi connectivity index (χ2v) is 8.02. The minimum atomic E-state index is 0.524. The summed E-state index contributed by atoms with van der Waals surface area (Å²) in [4.78, 5) is 1.87. The molecule has 1 aromatic carbocycles. The van der Waals surface area contributed by atoms with Crippen LogP contribution in [0.25, 0.3) is 0 Å². The molecule has 0 spiro atoms. The van der Waals surface area contributed by atoms with Gasteiger partial charge >= 0.3 is 0 Å². The largest absolute Gasteiger partial charge is 0.346 e. The van der Waals surface area contributed by atoms with Gasteiger partial charge in [0.15, 0.2) is 10.9 Å². The minimum absolute atomic E-state index is 0.524. The van der Waals surface area contributed by atoms with Crippen molar-refractivity contribution in [3.05, 3.63) is 62.4 Å². The quantitative estimate of drug-likeness (QED) is 0.534. The van der Waals surface area contributed by atoms with Crippen molar-refractivity contribution in [3.8, 4) is 0 Å². The number of aryl methyl sites for hydroxylation is 1. The number of hydrogen-bond donors (Lipinski definition) is 1. The maximum absolute atomic E-state index is 6.23. The highest BCUT2D eigenvalue weighted by Gasteiger charge is 2.15. The van der Waals surface area contributed by atoms with Crippen molar-refractivity contribution in [1.29, 1.82) is 0 Å². The highest BCUT2D eigenvalue weighted by Crippen LogP contribution is 2.23. The monoisotopic (exact) mass is 486 g/mol. The van der Waals surface area contributed by atoms with Crippen molar-refractivity contribution in [3.63, 3.8) is 0 Å². The Morgan fingerprint density at radius 1 is 1.30 bits per heavy atom. The van der Waals surface area contributed by atoms with Gasteiger partial charge in [-0.25, -0.2) is 0 Å². The van der Waals surface area contributed by atoms with Crippen LogP contribution < -0.4 is 5.32 Å². The molecule has 142 valence electrons. The first-order chi connectivity index (χ1) is 12.8. The van der Waals surface area contributed by atoms with Gasteiger partial charge in [0.2, 0.25) is 0 Å². The molecule has 0 saturated carbocycles. The molecule has 3 rings (SSSR count). The molecule has 0 unspecified atom stereocenters. The summed E-state index contributed by atoms with van der Waals surface area (Å²) < 4.78 is 4.34. The number of thiocarbonyl (C=S) groups is 1. The highest BCUT2D eigenvalue weighted by molar-refractivity contribution is 9.10. The maximum atomic E-state index is 6.23. The van der Waals surface area contributed by atoms with Gasteiger partial charge in [0.05, 0.1) is 34.5 Å². The van der Waals surface area contributed by atoms with E-state index in [0.29, 0.717) is 34.1 Å². The first-order valence-electron chi connectivity index (χ1n) is 8.00. The minimum Gasteiger partial charge on any atom is -0.346 e. The fourth-order valence-corrected chi connectivity index (χ4v) is 3.47. The Labute approximate surface area is 181 Å². The lowest BCUT2D eigenvalue weighted by Gasteiger charge is -2.20. The van der Waals surface area contributed by atoms with Crippen LogP contribution in [0.1, 0.15) is 11.3 Å². The van der Waals surface area contributed by atoms with Crippen molar-refractivity contribution in [1.82, 2.24) is 24.5 Å². The zero-order valence-electron chi connectivity index (χ0n) is 14.7. The van der Waals surface area contributed by atoms with Gasteiger partial charge in [-0.3, -0.25) is 9.36 Å². The number of aromatic nitrogens is 4. The average Bonchev–Trinajstić information content (AvgIpc) is 3.13. The van der Waals surface area contributed by atoms with Crippen LogP contribution in [0.15, 0.2) is 41.1 Å². The van der Waals surface area contributed by atoms with Crippen LogP contribution in [-0.2, 0) is 20.1 Å². The SMILES string of the molecule is CN(Cc1c(Cl)cnn1C)C(=S)Nc1nn(Cc2ccccc2Cl)cc1Br. The van der Waals surface area contributed by atoms with Gasteiger partial charge < -0.3 is 10.2 Å². The Hall–Kier alpha value is -1.61. The van der Waals surface area contributed by atoms with Crippen LogP contribution in [0.3, 0.4) is 0 Å². The summed E-state index contributed by atoms with van der Waals surface area (Å²) in [7, 11) is 3.73. The van der Waals surface area contributed by atoms with E-state index in [0.717, 1.165) is 15.7 Å². The predicted molar refractivity (Wildman–Crippen MR) is 116 cm³/mol. The molecule has 2 heterocycles. The van der Waals surface area contributed by atoms with Crippen molar-refractivity contribution >= 4 is 62.3 Å². The normalized spacial score (nSPS) is 10.9. The van der Waals surface area contributed by atoms with E-state index < -0.39 is 0 Å². The van der Waals surface area contributed by atoms with Gasteiger partial charge in [0.25, 0.3) is 0 Å². The van der Waals surface area contributed by atoms with Crippen molar-refractivity contribution in [2.45, 2.75) is 13.1 Å². The van der Waals surface area contributed by atoms with Gasteiger partial charge in [-0.15, -0.1) is 0 Å². The van der Waals surface area contributed by atoms with Gasteiger partial charge in [0.1, 0.15) is 0 Å². The fraction of sp³-hybridized carbons (Fsp3) is 0.235. The van der Waals surface area contributed by atoms with Gasteiger partial charge in [-0.1, -0.05) is 41.4 Å². The van der Waals surface area contributed by atoms with Crippen LogP contribution in [0, 0.1) is 0 Å². The average molecular weight is 488 g/mol. The Kier molecular flexibility index (Phi) is 6.41. The van der Waals surface area contributed by atoms with Crippen LogP contribution in [0.4, 0.5) is 5.82 Å². The summed E-state index contributed by atoms with van der Waals surface area (Å²) in [5, 5.41) is 13.7. The van der Waals surface area contributed by atoms with Crippen LogP contribution in [0.5, 0.6) is 0 Å². The smallest absolute Gasteiger partial charge is 0.174 e. The summed E-state index contributed by atoms with van der Waals surface area (Å²) >= 11 is 21.4. The topological polar surface area (TPSA) is 50.9 Å². The van der Waals surface area contributed by atoms with E-state index in [1.807, 2.05) is 49.5 Å². The van der Waals surface area contributed by atoms with Crippen molar-refractivity contribution in [2.24, 2.45) is 7.05 Å². The van der Waals surface area contributed by atoms with Gasteiger partial charge in [-0.05, 0) is 39.8 Å². The molecular formula is C17H17BrCl2N6S. The number of rotatable bonds is 5. The van der Waals surface area contributed by atoms with Crippen molar-refractivity contribution in [2.75, 3.05) is 12.4 Å². The number of anilines is 1. The molecule has 1 N–H and O–H groups in total. The molecule has 0 aliphatic heterocycles. The van der Waals surface area contributed by atoms with Gasteiger partial charge in [-0.2, -0.15) is 10.2 Å². The maximum Gasteiger partial charge on any atom is 0.174 e. The fourth-order valence-electron chi connectivity index (χ4n) is 2.47. The van der Waals surface area contributed by atoms with E-state index in [1.165, 1.54) is 0 Å². The highest BCUT2D eigenvalue weighted by atomic mass is 79.9. The molecule has 3 aromatic rings. The number of hydrogen-bond acceptors (Lipinski definition) is 3. The third kappa shape index (κ3) is 4.82. The second-order valence-electron chi connectivity index (χ2n) is 5.96. The van der Waals surface area contributed by atoms with E-state index in [9.17, 15) is 0 Å². The summed E-state index contributed by atoms with van der Waals surface area (Å²) in [6, 6.07) is 7.69. The first kappa shape index (κ1) is 20.1. The lowest BCUT2D eigenvalue weighted by molar-refractivity contribution is 0.482. The van der Waals surface area contributed by atoms with Crippen LogP contribution in [-0.4, -0.2) is 36.6 Å². The van der Waals surface area contributed by atoms with Crippen LogP contribution >= 0.6 is 51.3 Å². The number of halogens is 3. The number of nitrogens with zero attached hydrogens (tertiary/aromatic N) is 5.